The van der Waals surface area contributed by atoms with Crippen LogP contribution in [0.3, 0.4) is 0 Å². The van der Waals surface area contributed by atoms with Gasteiger partial charge in [0.25, 0.3) is 0 Å². The molecule has 4 atom stereocenters. The number of unbranched alkanes of at least 4 members (excludes halogenated alkanes) is 1. The van der Waals surface area contributed by atoms with E-state index in [0.717, 1.165) is 0 Å². The molecular weight excluding hydrogens is 540 g/mol. The average Bonchev–Trinajstić information content (AvgIpc) is 2.86. The van der Waals surface area contributed by atoms with Crippen LogP contribution in [0.15, 0.2) is 0 Å². The summed E-state index contributed by atoms with van der Waals surface area (Å²) in [5, 5.41) is 44.5. The summed E-state index contributed by atoms with van der Waals surface area (Å²) >= 11 is 0. The van der Waals surface area contributed by atoms with Crippen molar-refractivity contribution in [1.82, 2.24) is 21.3 Å². The minimum absolute atomic E-state index is 0.0767. The first kappa shape index (κ1) is 35.7. The summed E-state index contributed by atoms with van der Waals surface area (Å²) in [5.74, 6) is -9.58. The highest BCUT2D eigenvalue weighted by atomic mass is 16.4. The minimum Gasteiger partial charge on any atom is -0.481 e. The number of aliphatic carboxylic acids is 4. The van der Waals surface area contributed by atoms with E-state index in [9.17, 15) is 43.5 Å². The molecule has 0 aromatic carbocycles. The van der Waals surface area contributed by atoms with Crippen LogP contribution < -0.4 is 32.7 Å². The van der Waals surface area contributed by atoms with Crippen LogP contribution in [-0.2, 0) is 38.4 Å². The smallest absolute Gasteiger partial charge is 0.326 e. The summed E-state index contributed by atoms with van der Waals surface area (Å²) in [6.45, 7) is -0.436. The summed E-state index contributed by atoms with van der Waals surface area (Å²) in [5.41, 5.74) is 10.9. The molecule has 18 nitrogen and oxygen atoms in total. The first-order valence-electron chi connectivity index (χ1n) is 12.2. The molecule has 0 aliphatic heterocycles. The molecule has 40 heavy (non-hydrogen) atoms. The molecule has 0 heterocycles. The van der Waals surface area contributed by atoms with E-state index in [2.05, 4.69) is 21.3 Å². The fraction of sp³-hybridized carbons (Fsp3) is 0.636. The third kappa shape index (κ3) is 15.8. The molecule has 0 spiro atoms. The van der Waals surface area contributed by atoms with E-state index < -0.39 is 104 Å². The maximum atomic E-state index is 12.8. The Labute approximate surface area is 228 Å². The zero-order valence-electron chi connectivity index (χ0n) is 21.6. The Hall–Kier alpha value is -4.32. The van der Waals surface area contributed by atoms with Crippen LogP contribution in [0.2, 0.25) is 0 Å². The number of carboxylic acids is 4. The van der Waals surface area contributed by atoms with E-state index >= 15 is 0 Å². The number of carbonyl (C=O) groups excluding carboxylic acids is 4. The van der Waals surface area contributed by atoms with Crippen molar-refractivity contribution in [2.45, 2.75) is 75.5 Å². The summed E-state index contributed by atoms with van der Waals surface area (Å²) < 4.78 is 0. The number of hydrogen-bond acceptors (Lipinski definition) is 10. The summed E-state index contributed by atoms with van der Waals surface area (Å²) in [4.78, 5) is 94.0. The van der Waals surface area contributed by atoms with Gasteiger partial charge in [-0.25, -0.2) is 4.79 Å². The van der Waals surface area contributed by atoms with Crippen molar-refractivity contribution < 1.29 is 58.8 Å². The predicted octanol–water partition coefficient (Wildman–Crippen LogP) is -3.70. The lowest BCUT2D eigenvalue weighted by molar-refractivity contribution is -0.143. The third-order valence-electron chi connectivity index (χ3n) is 5.30. The number of nitrogens with one attached hydrogen (secondary N) is 4. The average molecular weight is 577 g/mol. The van der Waals surface area contributed by atoms with E-state index in [1.807, 2.05) is 0 Å². The molecule has 0 bridgehead atoms. The Morgan fingerprint density at radius 2 is 1.20 bits per heavy atom. The quantitative estimate of drug-likeness (QED) is 0.0588. The van der Waals surface area contributed by atoms with Crippen molar-refractivity contribution in [2.75, 3.05) is 13.1 Å². The number of hydrogen-bond donors (Lipinski definition) is 10. The molecule has 18 heteroatoms. The second-order valence-corrected chi connectivity index (χ2v) is 8.65. The van der Waals surface area contributed by atoms with Crippen LogP contribution in [0.25, 0.3) is 0 Å². The van der Waals surface area contributed by atoms with Gasteiger partial charge in [-0.15, -0.1) is 0 Å². The Kier molecular flexibility index (Phi) is 16.8. The molecule has 0 saturated heterocycles. The standard InChI is InChI=1S/C22H36N6O12/c23-8-2-1-3-13(22(39)40)26-15(29)10-25-20(37)14(9-18(34)35)28-21(38)12(5-7-17(32)33)27-19(36)11(24)4-6-16(30)31/h11-14H,1-10,23-24H2,(H,25,37)(H,26,29)(H,27,36)(H,28,38)(H,30,31)(H,32,33)(H,34,35)(H,39,40)/t11-,12-,13-,14-/m0/s1. The van der Waals surface area contributed by atoms with Crippen LogP contribution >= 0.6 is 0 Å². The van der Waals surface area contributed by atoms with Crippen LogP contribution in [0, 0.1) is 0 Å². The van der Waals surface area contributed by atoms with Crippen molar-refractivity contribution >= 4 is 47.5 Å². The molecule has 226 valence electrons. The molecule has 12 N–H and O–H groups in total. The first-order valence-corrected chi connectivity index (χ1v) is 12.2. The van der Waals surface area contributed by atoms with E-state index in [4.69, 9.17) is 26.8 Å². The predicted molar refractivity (Wildman–Crippen MR) is 133 cm³/mol. The SMILES string of the molecule is NCCCC[C@H](NC(=O)CNC(=O)[C@H](CC(=O)O)NC(=O)[C@H](CCC(=O)O)NC(=O)[C@@H](N)CCC(=O)O)C(=O)O. The third-order valence-corrected chi connectivity index (χ3v) is 5.30. The topological polar surface area (TPSA) is 318 Å². The van der Waals surface area contributed by atoms with E-state index in [-0.39, 0.29) is 12.8 Å². The van der Waals surface area contributed by atoms with Crippen LogP contribution in [0.1, 0.15) is 51.4 Å². The van der Waals surface area contributed by atoms with Gasteiger partial charge in [-0.1, -0.05) is 0 Å². The van der Waals surface area contributed by atoms with Crippen molar-refractivity contribution in [3.8, 4) is 0 Å². The van der Waals surface area contributed by atoms with Crippen LogP contribution in [0.4, 0.5) is 0 Å². The summed E-state index contributed by atoms with van der Waals surface area (Å²) in [6.07, 6.45) is -1.81. The van der Waals surface area contributed by atoms with Gasteiger partial charge in [-0.2, -0.15) is 0 Å². The largest absolute Gasteiger partial charge is 0.481 e. The first-order chi connectivity index (χ1) is 18.7. The molecule has 0 radical (unpaired) electrons. The van der Waals surface area contributed by atoms with Crippen molar-refractivity contribution in [2.24, 2.45) is 11.5 Å². The Balaban J connectivity index is 5.36. The summed E-state index contributed by atoms with van der Waals surface area (Å²) in [6, 6.07) is -5.98. The Morgan fingerprint density at radius 3 is 1.73 bits per heavy atom. The van der Waals surface area contributed by atoms with Crippen LogP contribution in [-0.4, -0.2) is 105 Å². The molecule has 0 saturated carbocycles. The minimum atomic E-state index is -1.78. The Morgan fingerprint density at radius 1 is 0.625 bits per heavy atom. The lowest BCUT2D eigenvalue weighted by Crippen LogP contribution is -2.57. The molecule has 0 rings (SSSR count). The number of carbonyl (C=O) groups is 8. The number of carboxylic acid groups (broad SMARTS) is 4. The van der Waals surface area contributed by atoms with Gasteiger partial charge in [0.15, 0.2) is 0 Å². The van der Waals surface area contributed by atoms with Gasteiger partial charge in [0.1, 0.15) is 18.1 Å². The van der Waals surface area contributed by atoms with Gasteiger partial charge in [0.2, 0.25) is 23.6 Å². The molecular formula is C22H36N6O12. The van der Waals surface area contributed by atoms with Crippen molar-refractivity contribution in [3.05, 3.63) is 0 Å². The van der Waals surface area contributed by atoms with Gasteiger partial charge < -0.3 is 53.2 Å². The van der Waals surface area contributed by atoms with Gasteiger partial charge >= 0.3 is 23.9 Å². The van der Waals surface area contributed by atoms with Gasteiger partial charge in [0, 0.05) is 12.8 Å². The van der Waals surface area contributed by atoms with Crippen molar-refractivity contribution in [3.63, 3.8) is 0 Å². The van der Waals surface area contributed by atoms with Crippen molar-refractivity contribution in [1.29, 1.82) is 0 Å². The molecule has 0 aromatic heterocycles. The second kappa shape index (κ2) is 18.9. The molecule has 0 unspecified atom stereocenters. The zero-order valence-corrected chi connectivity index (χ0v) is 21.6. The normalized spacial score (nSPS) is 13.6. The maximum Gasteiger partial charge on any atom is 0.326 e. The van der Waals surface area contributed by atoms with Crippen LogP contribution in [0.5, 0.6) is 0 Å². The van der Waals surface area contributed by atoms with Gasteiger partial charge in [0.05, 0.1) is 19.0 Å². The highest BCUT2D eigenvalue weighted by molar-refractivity contribution is 5.96. The second-order valence-electron chi connectivity index (χ2n) is 8.65. The molecule has 4 amide bonds. The lowest BCUT2D eigenvalue weighted by Gasteiger charge is -2.23. The lowest BCUT2D eigenvalue weighted by atomic mass is 10.1. The highest BCUT2D eigenvalue weighted by Crippen LogP contribution is 2.04. The Bertz CT molecular complexity index is 943. The molecule has 0 fully saturated rings. The number of amides is 4. The molecule has 0 aliphatic carbocycles. The number of rotatable bonds is 21. The fourth-order valence-corrected chi connectivity index (χ4v) is 3.17. The van der Waals surface area contributed by atoms with E-state index in [0.29, 0.717) is 19.4 Å². The van der Waals surface area contributed by atoms with E-state index in [1.165, 1.54) is 0 Å². The summed E-state index contributed by atoms with van der Waals surface area (Å²) in [7, 11) is 0. The van der Waals surface area contributed by atoms with E-state index in [1.54, 1.807) is 0 Å². The highest BCUT2D eigenvalue weighted by Gasteiger charge is 2.30. The monoisotopic (exact) mass is 576 g/mol. The number of nitrogens with two attached hydrogens (primary N) is 2. The fourth-order valence-electron chi connectivity index (χ4n) is 3.17. The zero-order chi connectivity index (χ0) is 30.8. The molecule has 0 aromatic rings. The molecule has 0 aliphatic rings. The van der Waals surface area contributed by atoms with Gasteiger partial charge in [-0.05, 0) is 38.6 Å². The maximum absolute atomic E-state index is 12.8. The van der Waals surface area contributed by atoms with Gasteiger partial charge in [-0.3, -0.25) is 33.6 Å².